The van der Waals surface area contributed by atoms with E-state index in [1.807, 2.05) is 0 Å². The molecule has 0 radical (unpaired) electrons. The Bertz CT molecular complexity index is 685. The highest BCUT2D eigenvalue weighted by atomic mass is 16.8. The third-order valence-corrected chi connectivity index (χ3v) is 9.64. The average Bonchev–Trinajstić information content (AvgIpc) is 3.23. The Kier molecular flexibility index (Phi) is 25.0. The molecule has 1 saturated heterocycles. The third-order valence-electron chi connectivity index (χ3n) is 9.64. The fourth-order valence-electron chi connectivity index (χ4n) is 6.83. The molecule has 2 atom stereocenters. The Hall–Kier alpha value is -1.12. The highest BCUT2D eigenvalue weighted by molar-refractivity contribution is 4.93. The molecule has 1 aliphatic carbocycles. The van der Waals surface area contributed by atoms with Crippen molar-refractivity contribution in [1.82, 2.24) is 0 Å². The first-order valence-corrected chi connectivity index (χ1v) is 19.8. The van der Waals surface area contributed by atoms with Crippen molar-refractivity contribution >= 4 is 0 Å². The fraction of sp³-hybridized carbons (Fsp3) is 0.810. The van der Waals surface area contributed by atoms with E-state index in [2.05, 4.69) is 62.5 Å². The van der Waals surface area contributed by atoms with Gasteiger partial charge in [0.2, 0.25) is 0 Å². The molecule has 0 unspecified atom stereocenters. The molecule has 2 rings (SSSR count). The quantitative estimate of drug-likeness (QED) is 0.0648. The van der Waals surface area contributed by atoms with Crippen molar-refractivity contribution < 1.29 is 9.47 Å². The van der Waals surface area contributed by atoms with E-state index in [-0.39, 0.29) is 5.79 Å². The van der Waals surface area contributed by atoms with E-state index in [0.29, 0.717) is 12.2 Å². The maximum atomic E-state index is 6.82. The molecule has 2 nitrogen and oxygen atoms in total. The predicted molar refractivity (Wildman–Crippen MR) is 194 cm³/mol. The minimum atomic E-state index is -0.280. The van der Waals surface area contributed by atoms with E-state index in [1.54, 1.807) is 0 Å². The Balaban J connectivity index is 1.55. The molecular weight excluding hydrogens is 536 g/mol. The molecule has 2 fully saturated rings. The molecular formula is C42H74O2. The van der Waals surface area contributed by atoms with E-state index in [9.17, 15) is 0 Å². The Morgan fingerprint density at radius 2 is 0.795 bits per heavy atom. The van der Waals surface area contributed by atoms with Gasteiger partial charge in [-0.15, -0.1) is 0 Å². The molecule has 0 aromatic carbocycles. The van der Waals surface area contributed by atoms with Crippen LogP contribution in [0.3, 0.4) is 0 Å². The summed E-state index contributed by atoms with van der Waals surface area (Å²) in [4.78, 5) is 0. The van der Waals surface area contributed by atoms with Crippen LogP contribution in [0.1, 0.15) is 200 Å². The lowest BCUT2D eigenvalue weighted by molar-refractivity contribution is -0.188. The second-order valence-electron chi connectivity index (χ2n) is 13.8. The van der Waals surface area contributed by atoms with Gasteiger partial charge in [0.15, 0.2) is 5.79 Å². The van der Waals surface area contributed by atoms with Crippen LogP contribution in [0.5, 0.6) is 0 Å². The number of ether oxygens (including phenoxy) is 2. The first-order chi connectivity index (χ1) is 21.8. The predicted octanol–water partition coefficient (Wildman–Crippen LogP) is 14.1. The van der Waals surface area contributed by atoms with Gasteiger partial charge in [-0.2, -0.15) is 0 Å². The van der Waals surface area contributed by atoms with Crippen LogP contribution in [-0.2, 0) is 9.47 Å². The summed E-state index contributed by atoms with van der Waals surface area (Å²) in [5.74, 6) is -0.280. The number of allylic oxidation sites excluding steroid dienone is 8. The van der Waals surface area contributed by atoms with Crippen molar-refractivity contribution in [2.24, 2.45) is 0 Å². The normalized spacial score (nSPS) is 20.5. The van der Waals surface area contributed by atoms with Crippen molar-refractivity contribution in [1.29, 1.82) is 0 Å². The zero-order valence-corrected chi connectivity index (χ0v) is 29.6. The van der Waals surface area contributed by atoms with Gasteiger partial charge in [-0.25, -0.2) is 0 Å². The summed E-state index contributed by atoms with van der Waals surface area (Å²) in [6.07, 6.45) is 56.5. The summed E-state index contributed by atoms with van der Waals surface area (Å²) in [5, 5.41) is 0. The fourth-order valence-corrected chi connectivity index (χ4v) is 6.83. The first kappa shape index (κ1) is 39.1. The molecule has 0 N–H and O–H groups in total. The minimum absolute atomic E-state index is 0.280. The lowest BCUT2D eigenvalue weighted by Gasteiger charge is -2.29. The molecule has 0 amide bonds. The van der Waals surface area contributed by atoms with Gasteiger partial charge in [0.25, 0.3) is 0 Å². The lowest BCUT2D eigenvalue weighted by atomic mass is 9.98. The molecule has 2 aliphatic rings. The molecule has 0 spiro atoms. The van der Waals surface area contributed by atoms with Crippen LogP contribution in [0.4, 0.5) is 0 Å². The van der Waals surface area contributed by atoms with Crippen LogP contribution in [-0.4, -0.2) is 18.0 Å². The van der Waals surface area contributed by atoms with E-state index in [4.69, 9.17) is 9.47 Å². The molecule has 1 aliphatic heterocycles. The molecule has 254 valence electrons. The molecule has 1 saturated carbocycles. The van der Waals surface area contributed by atoms with Crippen LogP contribution in [0.15, 0.2) is 48.6 Å². The van der Waals surface area contributed by atoms with Gasteiger partial charge in [-0.05, 0) is 77.0 Å². The van der Waals surface area contributed by atoms with Crippen molar-refractivity contribution in [3.63, 3.8) is 0 Å². The molecule has 44 heavy (non-hydrogen) atoms. The van der Waals surface area contributed by atoms with Gasteiger partial charge in [-0.1, -0.05) is 159 Å². The van der Waals surface area contributed by atoms with Gasteiger partial charge in [0, 0.05) is 12.8 Å². The van der Waals surface area contributed by atoms with Gasteiger partial charge >= 0.3 is 0 Å². The number of hydrogen-bond acceptors (Lipinski definition) is 2. The molecule has 0 aromatic rings. The number of rotatable bonds is 28. The molecule has 0 bridgehead atoms. The van der Waals surface area contributed by atoms with Gasteiger partial charge in [0.05, 0.1) is 12.2 Å². The highest BCUT2D eigenvalue weighted by Crippen LogP contribution is 2.42. The van der Waals surface area contributed by atoms with Crippen LogP contribution in [0.2, 0.25) is 0 Å². The summed E-state index contributed by atoms with van der Waals surface area (Å²) in [6.45, 7) is 4.52. The third kappa shape index (κ3) is 20.1. The van der Waals surface area contributed by atoms with E-state index >= 15 is 0 Å². The highest BCUT2D eigenvalue weighted by Gasteiger charge is 2.46. The Morgan fingerprint density at radius 3 is 1.20 bits per heavy atom. The van der Waals surface area contributed by atoms with Crippen molar-refractivity contribution in [2.45, 2.75) is 218 Å². The number of fused-ring (bicyclic) bond motifs is 1. The smallest absolute Gasteiger partial charge is 0.169 e. The number of unbranched alkanes of at least 4 members (excludes halogenated alkanes) is 16. The lowest BCUT2D eigenvalue weighted by Crippen LogP contribution is -2.31. The van der Waals surface area contributed by atoms with Crippen LogP contribution in [0.25, 0.3) is 0 Å². The van der Waals surface area contributed by atoms with E-state index < -0.39 is 0 Å². The Morgan fingerprint density at radius 1 is 0.432 bits per heavy atom. The van der Waals surface area contributed by atoms with Crippen molar-refractivity contribution in [3.05, 3.63) is 48.6 Å². The summed E-state index contributed by atoms with van der Waals surface area (Å²) in [6, 6.07) is 0. The zero-order chi connectivity index (χ0) is 31.2. The standard InChI is InChI=1S/C42H74O2/c1-3-5-7-9-11-13-15-17-19-21-23-25-27-29-34-38-42(43-40-36-32-31-33-37-41(40)44-42)39-35-30-28-26-24-22-20-18-16-14-12-10-8-6-4-2/h9-12,15-18,40-41H,3-8,13-14,19-39H2,1-2H3/b11-9-,12-10-,17-15-,18-16-/t40-,41+. The second-order valence-corrected chi connectivity index (χ2v) is 13.8. The van der Waals surface area contributed by atoms with Crippen molar-refractivity contribution in [2.75, 3.05) is 0 Å². The minimum Gasteiger partial charge on any atom is -0.344 e. The first-order valence-electron chi connectivity index (χ1n) is 19.8. The zero-order valence-electron chi connectivity index (χ0n) is 29.6. The van der Waals surface area contributed by atoms with Crippen molar-refractivity contribution in [3.8, 4) is 0 Å². The summed E-state index contributed by atoms with van der Waals surface area (Å²) in [7, 11) is 0. The summed E-state index contributed by atoms with van der Waals surface area (Å²) in [5.41, 5.74) is 0. The van der Waals surface area contributed by atoms with Crippen LogP contribution >= 0.6 is 0 Å². The van der Waals surface area contributed by atoms with E-state index in [1.165, 1.54) is 161 Å². The Labute approximate surface area is 275 Å². The van der Waals surface area contributed by atoms with Gasteiger partial charge in [0.1, 0.15) is 0 Å². The largest absolute Gasteiger partial charge is 0.344 e. The average molecular weight is 611 g/mol. The maximum Gasteiger partial charge on any atom is 0.169 e. The van der Waals surface area contributed by atoms with Gasteiger partial charge in [-0.3, -0.25) is 0 Å². The van der Waals surface area contributed by atoms with Crippen LogP contribution in [0, 0.1) is 0 Å². The maximum absolute atomic E-state index is 6.82. The molecule has 2 heteroatoms. The van der Waals surface area contributed by atoms with Crippen LogP contribution < -0.4 is 0 Å². The van der Waals surface area contributed by atoms with Gasteiger partial charge < -0.3 is 9.47 Å². The molecule has 1 heterocycles. The topological polar surface area (TPSA) is 18.5 Å². The monoisotopic (exact) mass is 611 g/mol. The SMILES string of the molecule is CCCC/C=C\C/C=C\CCCCCCCCC1(CCCCCCCC/C=C\C/C=C\CCCC)O[C@H]2CCCCC[C@H]2O1. The summed E-state index contributed by atoms with van der Waals surface area (Å²) >= 11 is 0. The number of hydrogen-bond donors (Lipinski definition) is 0. The summed E-state index contributed by atoms with van der Waals surface area (Å²) < 4.78 is 13.6. The van der Waals surface area contributed by atoms with E-state index in [0.717, 1.165) is 25.7 Å². The molecule has 0 aromatic heterocycles. The second kappa shape index (κ2) is 28.1.